The van der Waals surface area contributed by atoms with Gasteiger partial charge in [0.2, 0.25) is 0 Å². The molecular weight excluding hydrogens is 300 g/mol. The molecule has 0 spiro atoms. The molecule has 0 bridgehead atoms. The van der Waals surface area contributed by atoms with E-state index in [2.05, 4.69) is 31.4 Å². The summed E-state index contributed by atoms with van der Waals surface area (Å²) in [6.45, 7) is 0.385. The van der Waals surface area contributed by atoms with Crippen LogP contribution in [0.1, 0.15) is 5.69 Å². The van der Waals surface area contributed by atoms with E-state index in [4.69, 9.17) is 0 Å². The fourth-order valence-corrected chi connectivity index (χ4v) is 1.77. The maximum Gasteiger partial charge on any atom is 0.293 e. The quantitative estimate of drug-likeness (QED) is 0.694. The number of nitro benzene ring substituents is 1. The lowest BCUT2D eigenvalue weighted by Gasteiger charge is -2.06. The molecule has 0 unspecified atom stereocenters. The summed E-state index contributed by atoms with van der Waals surface area (Å²) in [5.41, 5.74) is 1.19. The Hall–Kier alpha value is -2.02. The molecular formula is C11H9BrN4O2. The molecule has 0 saturated heterocycles. The average molecular weight is 309 g/mol. The highest BCUT2D eigenvalue weighted by atomic mass is 79.9. The summed E-state index contributed by atoms with van der Waals surface area (Å²) >= 11 is 3.21. The first kappa shape index (κ1) is 12.4. The Bertz CT molecular complexity index is 562. The Labute approximate surface area is 111 Å². The van der Waals surface area contributed by atoms with Crippen molar-refractivity contribution in [1.82, 2.24) is 10.2 Å². The second-order valence-electron chi connectivity index (χ2n) is 3.49. The number of hydrogen-bond acceptors (Lipinski definition) is 5. The molecule has 18 heavy (non-hydrogen) atoms. The fraction of sp³-hybridized carbons (Fsp3) is 0.0909. The van der Waals surface area contributed by atoms with Gasteiger partial charge in [-0.15, -0.1) is 0 Å². The highest BCUT2D eigenvalue weighted by Gasteiger charge is 2.13. The van der Waals surface area contributed by atoms with Crippen molar-refractivity contribution in [3.05, 3.63) is 56.8 Å². The molecule has 0 amide bonds. The zero-order chi connectivity index (χ0) is 13.0. The largest absolute Gasteiger partial charge is 0.374 e. The summed E-state index contributed by atoms with van der Waals surface area (Å²) < 4.78 is 0.666. The number of nitrogens with one attached hydrogen (secondary N) is 1. The second kappa shape index (κ2) is 5.54. The topological polar surface area (TPSA) is 81.0 Å². The normalized spacial score (nSPS) is 10.1. The van der Waals surface area contributed by atoms with Gasteiger partial charge < -0.3 is 5.32 Å². The number of aromatic nitrogens is 2. The van der Waals surface area contributed by atoms with Crippen LogP contribution < -0.4 is 5.32 Å². The maximum absolute atomic E-state index is 10.9. The predicted molar refractivity (Wildman–Crippen MR) is 70.2 cm³/mol. The molecule has 0 fully saturated rings. The lowest BCUT2D eigenvalue weighted by atomic mass is 10.2. The molecule has 2 aromatic rings. The van der Waals surface area contributed by atoms with Gasteiger partial charge >= 0.3 is 0 Å². The van der Waals surface area contributed by atoms with E-state index in [1.165, 1.54) is 6.07 Å². The summed E-state index contributed by atoms with van der Waals surface area (Å²) in [5, 5.41) is 21.5. The van der Waals surface area contributed by atoms with Crippen LogP contribution in [0.2, 0.25) is 0 Å². The molecule has 92 valence electrons. The number of hydrogen-bond donors (Lipinski definition) is 1. The van der Waals surface area contributed by atoms with E-state index < -0.39 is 4.92 Å². The number of benzene rings is 1. The van der Waals surface area contributed by atoms with Crippen molar-refractivity contribution in [3.8, 4) is 0 Å². The molecule has 0 saturated carbocycles. The van der Waals surface area contributed by atoms with Gasteiger partial charge in [-0.25, -0.2) is 0 Å². The Kier molecular flexibility index (Phi) is 3.83. The number of anilines is 1. The first-order valence-corrected chi connectivity index (χ1v) is 5.90. The summed E-state index contributed by atoms with van der Waals surface area (Å²) in [7, 11) is 0. The minimum Gasteiger partial charge on any atom is -0.374 e. The SMILES string of the molecule is O=[N+]([O-])c1cc(Br)ccc1NCc1cccnn1. The minimum atomic E-state index is -0.427. The van der Waals surface area contributed by atoms with Gasteiger partial charge in [0.05, 0.1) is 17.2 Å². The van der Waals surface area contributed by atoms with E-state index in [1.54, 1.807) is 30.5 Å². The molecule has 2 rings (SSSR count). The van der Waals surface area contributed by atoms with Crippen LogP contribution in [-0.4, -0.2) is 15.1 Å². The van der Waals surface area contributed by atoms with Crippen molar-refractivity contribution < 1.29 is 4.92 Å². The highest BCUT2D eigenvalue weighted by Crippen LogP contribution is 2.28. The molecule has 0 aliphatic carbocycles. The Balaban J connectivity index is 2.17. The van der Waals surface area contributed by atoms with Crippen molar-refractivity contribution in [2.45, 2.75) is 6.54 Å². The van der Waals surface area contributed by atoms with Crippen LogP contribution in [0, 0.1) is 10.1 Å². The molecule has 1 N–H and O–H groups in total. The van der Waals surface area contributed by atoms with Crippen LogP contribution in [0.4, 0.5) is 11.4 Å². The highest BCUT2D eigenvalue weighted by molar-refractivity contribution is 9.10. The van der Waals surface area contributed by atoms with Crippen LogP contribution in [0.15, 0.2) is 41.0 Å². The lowest BCUT2D eigenvalue weighted by molar-refractivity contribution is -0.384. The lowest BCUT2D eigenvalue weighted by Crippen LogP contribution is -2.04. The van der Waals surface area contributed by atoms with Crippen molar-refractivity contribution in [3.63, 3.8) is 0 Å². The first-order valence-electron chi connectivity index (χ1n) is 5.11. The van der Waals surface area contributed by atoms with E-state index >= 15 is 0 Å². The van der Waals surface area contributed by atoms with E-state index in [1.807, 2.05) is 0 Å². The molecule has 6 nitrogen and oxygen atoms in total. The minimum absolute atomic E-state index is 0.0215. The molecule has 0 aliphatic rings. The molecule has 0 aliphatic heterocycles. The summed E-state index contributed by atoms with van der Waals surface area (Å²) in [6.07, 6.45) is 1.57. The Morgan fingerprint density at radius 3 is 2.89 bits per heavy atom. The van der Waals surface area contributed by atoms with Gasteiger partial charge in [0.1, 0.15) is 5.69 Å². The number of rotatable bonds is 4. The monoisotopic (exact) mass is 308 g/mol. The van der Waals surface area contributed by atoms with Crippen LogP contribution in [0.25, 0.3) is 0 Å². The molecule has 1 heterocycles. The molecule has 0 radical (unpaired) electrons. The van der Waals surface area contributed by atoms with Gasteiger partial charge in [-0.05, 0) is 24.3 Å². The van der Waals surface area contributed by atoms with Gasteiger partial charge in [-0.2, -0.15) is 10.2 Å². The Morgan fingerprint density at radius 2 is 2.22 bits per heavy atom. The number of nitro groups is 1. The van der Waals surface area contributed by atoms with Crippen LogP contribution in [0.3, 0.4) is 0 Å². The Morgan fingerprint density at radius 1 is 1.39 bits per heavy atom. The van der Waals surface area contributed by atoms with Crippen LogP contribution in [0.5, 0.6) is 0 Å². The number of nitrogens with zero attached hydrogens (tertiary/aromatic N) is 3. The molecule has 1 aromatic heterocycles. The third-order valence-electron chi connectivity index (χ3n) is 2.24. The van der Waals surface area contributed by atoms with E-state index in [0.717, 1.165) is 5.69 Å². The van der Waals surface area contributed by atoms with Gasteiger partial charge in [0, 0.05) is 16.7 Å². The average Bonchev–Trinajstić information content (AvgIpc) is 2.38. The van der Waals surface area contributed by atoms with Gasteiger partial charge in [0.15, 0.2) is 0 Å². The summed E-state index contributed by atoms with van der Waals surface area (Å²) in [5.74, 6) is 0. The first-order chi connectivity index (χ1) is 8.66. The fourth-order valence-electron chi connectivity index (χ4n) is 1.42. The zero-order valence-electron chi connectivity index (χ0n) is 9.21. The van der Waals surface area contributed by atoms with Gasteiger partial charge in [0.25, 0.3) is 5.69 Å². The van der Waals surface area contributed by atoms with Crippen molar-refractivity contribution in [2.24, 2.45) is 0 Å². The van der Waals surface area contributed by atoms with E-state index in [-0.39, 0.29) is 5.69 Å². The van der Waals surface area contributed by atoms with E-state index in [0.29, 0.717) is 16.7 Å². The van der Waals surface area contributed by atoms with Crippen LogP contribution in [-0.2, 0) is 6.54 Å². The van der Waals surface area contributed by atoms with Gasteiger partial charge in [-0.3, -0.25) is 10.1 Å². The van der Waals surface area contributed by atoms with Crippen molar-refractivity contribution in [1.29, 1.82) is 0 Å². The summed E-state index contributed by atoms with van der Waals surface area (Å²) in [4.78, 5) is 10.5. The van der Waals surface area contributed by atoms with Crippen molar-refractivity contribution in [2.75, 3.05) is 5.32 Å². The van der Waals surface area contributed by atoms with Gasteiger partial charge in [-0.1, -0.05) is 15.9 Å². The third-order valence-corrected chi connectivity index (χ3v) is 2.74. The predicted octanol–water partition coefficient (Wildman–Crippen LogP) is 2.76. The zero-order valence-corrected chi connectivity index (χ0v) is 10.8. The van der Waals surface area contributed by atoms with E-state index in [9.17, 15) is 10.1 Å². The molecule has 7 heteroatoms. The van der Waals surface area contributed by atoms with Crippen LogP contribution >= 0.6 is 15.9 Å². The standard InChI is InChI=1S/C11H9BrN4O2/c12-8-3-4-10(11(6-8)16(17)18)13-7-9-2-1-5-14-15-9/h1-6,13H,7H2. The maximum atomic E-state index is 10.9. The third kappa shape index (κ3) is 3.01. The summed E-state index contributed by atoms with van der Waals surface area (Å²) in [6, 6.07) is 8.41. The number of halogens is 1. The second-order valence-corrected chi connectivity index (χ2v) is 4.40. The smallest absolute Gasteiger partial charge is 0.293 e. The molecule has 0 atom stereocenters. The molecule has 1 aromatic carbocycles. The van der Waals surface area contributed by atoms with Crippen molar-refractivity contribution >= 4 is 27.3 Å².